The molecule has 0 amide bonds. The van der Waals surface area contributed by atoms with Crippen LogP contribution in [0.4, 0.5) is 10.8 Å². The molecule has 5 rings (SSSR count). The molecule has 3 heterocycles. The van der Waals surface area contributed by atoms with E-state index in [-0.39, 0.29) is 10.6 Å². The summed E-state index contributed by atoms with van der Waals surface area (Å²) in [6, 6.07) is 14.6. The average Bonchev–Trinajstić information content (AvgIpc) is 3.59. The number of piperidine rings is 1. The molecule has 1 aliphatic heterocycles. The quantitative estimate of drug-likeness (QED) is 0.114. The van der Waals surface area contributed by atoms with Gasteiger partial charge in [-0.1, -0.05) is 17.3 Å². The molecule has 0 bridgehead atoms. The highest BCUT2D eigenvalue weighted by molar-refractivity contribution is 7.87. The van der Waals surface area contributed by atoms with Crippen molar-refractivity contribution in [3.63, 3.8) is 0 Å². The fraction of sp³-hybridized carbons (Fsp3) is 0.333. The number of fused-ring (bicyclic) bond motifs is 1. The molecule has 0 saturated carbocycles. The number of nitrogens with one attached hydrogen (secondary N) is 3. The molecule has 3 N–H and O–H groups in total. The van der Waals surface area contributed by atoms with Crippen molar-refractivity contribution in [1.29, 1.82) is 0 Å². The van der Waals surface area contributed by atoms with Crippen LogP contribution < -0.4 is 20.1 Å². The van der Waals surface area contributed by atoms with E-state index in [1.54, 1.807) is 55.0 Å². The normalized spacial score (nSPS) is 14.1. The molecular formula is C27H30N6O3S2. The Morgan fingerprint density at radius 3 is 2.79 bits per heavy atom. The van der Waals surface area contributed by atoms with Gasteiger partial charge in [-0.2, -0.15) is 8.42 Å². The standard InChI is InChI=1S/C27H30N6O3S2/c34-38(35,24-7-4-22(5-8-24)30-13-2-17-33-18-16-29-20-33)36-23-6-9-25-26(19-23)37-27(32-25)31-12-1-3-21-10-14-28-15-11-21/h4-9,16,18-21,28,30H,2-3,10-11,13-15,17H2,(H,31,32). The number of benzene rings is 2. The van der Waals surface area contributed by atoms with Crippen LogP contribution in [0.1, 0.15) is 25.7 Å². The van der Waals surface area contributed by atoms with Crippen molar-refractivity contribution in [3.05, 3.63) is 61.2 Å². The van der Waals surface area contributed by atoms with Crippen molar-refractivity contribution >= 4 is 42.5 Å². The van der Waals surface area contributed by atoms with Crippen LogP contribution in [0.25, 0.3) is 10.2 Å². The summed E-state index contributed by atoms with van der Waals surface area (Å²) >= 11 is 1.41. The Morgan fingerprint density at radius 2 is 2.00 bits per heavy atom. The molecule has 2 aromatic heterocycles. The third-order valence-electron chi connectivity index (χ3n) is 6.30. The minimum Gasteiger partial charge on any atom is -0.385 e. The lowest BCUT2D eigenvalue weighted by atomic mass is 9.95. The number of anilines is 2. The van der Waals surface area contributed by atoms with Crippen molar-refractivity contribution < 1.29 is 12.6 Å². The Bertz CT molecular complexity index is 1500. The lowest BCUT2D eigenvalue weighted by Gasteiger charge is -2.19. The van der Waals surface area contributed by atoms with Crippen LogP contribution in [0.15, 0.2) is 66.1 Å². The first kappa shape index (κ1) is 26.0. The summed E-state index contributed by atoms with van der Waals surface area (Å²) in [5, 5.41) is 10.4. The van der Waals surface area contributed by atoms with Gasteiger partial charge >= 0.3 is 10.1 Å². The minimum absolute atomic E-state index is 0.0947. The number of aryl methyl sites for hydroxylation is 1. The van der Waals surface area contributed by atoms with E-state index in [1.807, 2.05) is 10.8 Å². The van der Waals surface area contributed by atoms with Crippen LogP contribution in [0, 0.1) is 17.9 Å². The summed E-state index contributed by atoms with van der Waals surface area (Å²) in [5.41, 5.74) is 1.60. The molecule has 1 aliphatic rings. The van der Waals surface area contributed by atoms with Gasteiger partial charge in [0.05, 0.1) is 16.5 Å². The number of hydrogen-bond acceptors (Lipinski definition) is 9. The highest BCUT2D eigenvalue weighted by Gasteiger charge is 2.17. The largest absolute Gasteiger partial charge is 0.385 e. The first-order valence-corrected chi connectivity index (χ1v) is 14.9. The second-order valence-corrected chi connectivity index (χ2v) is 11.7. The molecule has 0 unspecified atom stereocenters. The van der Waals surface area contributed by atoms with Crippen LogP contribution in [-0.2, 0) is 16.7 Å². The average molecular weight is 551 g/mol. The van der Waals surface area contributed by atoms with Crippen LogP contribution in [0.5, 0.6) is 5.75 Å². The van der Waals surface area contributed by atoms with Crippen molar-refractivity contribution in [3.8, 4) is 17.7 Å². The molecule has 0 aliphatic carbocycles. The summed E-state index contributed by atoms with van der Waals surface area (Å²) in [4.78, 5) is 8.65. The number of aromatic nitrogens is 3. The van der Waals surface area contributed by atoms with Crippen molar-refractivity contribution in [2.45, 2.75) is 37.1 Å². The van der Waals surface area contributed by atoms with E-state index >= 15 is 0 Å². The van der Waals surface area contributed by atoms with Gasteiger partial charge in [0.15, 0.2) is 5.13 Å². The fourth-order valence-electron chi connectivity index (χ4n) is 4.22. The lowest BCUT2D eigenvalue weighted by molar-refractivity contribution is 0.381. The van der Waals surface area contributed by atoms with Crippen molar-refractivity contribution in [1.82, 2.24) is 19.9 Å². The molecule has 9 nitrogen and oxygen atoms in total. The number of nitrogens with zero attached hydrogens (tertiary/aromatic N) is 3. The van der Waals surface area contributed by atoms with E-state index in [4.69, 9.17) is 4.18 Å². The van der Waals surface area contributed by atoms with Crippen molar-refractivity contribution in [2.24, 2.45) is 5.92 Å². The Balaban J connectivity index is 1.15. The Hall–Kier alpha value is -3.59. The topological polar surface area (TPSA) is 110 Å². The summed E-state index contributed by atoms with van der Waals surface area (Å²) in [6.07, 6.45) is 9.59. The van der Waals surface area contributed by atoms with Gasteiger partial charge in [0.1, 0.15) is 10.6 Å². The SMILES string of the molecule is O=S(=O)(Oc1ccc2nc(NC#CCC3CCNCC3)sc2c1)c1ccc(NCCCn2ccnc2)cc1. The van der Waals surface area contributed by atoms with Gasteiger partial charge in [0.2, 0.25) is 0 Å². The molecule has 38 heavy (non-hydrogen) atoms. The van der Waals surface area contributed by atoms with E-state index < -0.39 is 10.1 Å². The van der Waals surface area contributed by atoms with Gasteiger partial charge in [0.25, 0.3) is 0 Å². The number of hydrogen-bond donors (Lipinski definition) is 3. The van der Waals surface area contributed by atoms with Crippen LogP contribution in [-0.4, -0.2) is 42.6 Å². The number of imidazole rings is 1. The molecule has 1 fully saturated rings. The van der Waals surface area contributed by atoms with Crippen molar-refractivity contribution in [2.75, 3.05) is 30.3 Å². The monoisotopic (exact) mass is 550 g/mol. The third-order valence-corrected chi connectivity index (χ3v) is 8.49. The predicted octanol–water partition coefficient (Wildman–Crippen LogP) is 4.53. The first-order chi connectivity index (χ1) is 18.5. The zero-order valence-electron chi connectivity index (χ0n) is 20.9. The summed E-state index contributed by atoms with van der Waals surface area (Å²) in [7, 11) is -3.97. The molecule has 198 valence electrons. The van der Waals surface area contributed by atoms with E-state index in [2.05, 4.69) is 37.9 Å². The molecule has 0 radical (unpaired) electrons. The van der Waals surface area contributed by atoms with Crippen LogP contribution in [0.2, 0.25) is 0 Å². The second-order valence-electron chi connectivity index (χ2n) is 9.12. The van der Waals surface area contributed by atoms with Gasteiger partial charge in [-0.3, -0.25) is 5.32 Å². The Morgan fingerprint density at radius 1 is 1.16 bits per heavy atom. The molecule has 11 heteroatoms. The first-order valence-electron chi connectivity index (χ1n) is 12.6. The smallest absolute Gasteiger partial charge is 0.339 e. The van der Waals surface area contributed by atoms with Gasteiger partial charge in [-0.05, 0) is 74.7 Å². The maximum Gasteiger partial charge on any atom is 0.339 e. The summed E-state index contributed by atoms with van der Waals surface area (Å²) in [6.45, 7) is 3.75. The highest BCUT2D eigenvalue weighted by Crippen LogP contribution is 2.30. The Kier molecular flexibility index (Phi) is 8.43. The third kappa shape index (κ3) is 7.04. The van der Waals surface area contributed by atoms with Gasteiger partial charge in [-0.25, -0.2) is 9.97 Å². The van der Waals surface area contributed by atoms with Crippen LogP contribution in [0.3, 0.4) is 0 Å². The molecule has 0 spiro atoms. The fourth-order valence-corrected chi connectivity index (χ4v) is 5.99. The van der Waals surface area contributed by atoms with Gasteiger partial charge in [-0.15, -0.1) is 0 Å². The lowest BCUT2D eigenvalue weighted by Crippen LogP contribution is -2.27. The maximum absolute atomic E-state index is 12.9. The molecular weight excluding hydrogens is 520 g/mol. The van der Waals surface area contributed by atoms with Gasteiger partial charge in [0, 0.05) is 49.7 Å². The minimum atomic E-state index is -3.97. The summed E-state index contributed by atoms with van der Waals surface area (Å²) < 4.78 is 34.0. The Labute approximate surface area is 226 Å². The zero-order chi connectivity index (χ0) is 26.2. The molecule has 2 aromatic carbocycles. The van der Waals surface area contributed by atoms with Gasteiger partial charge < -0.3 is 19.4 Å². The van der Waals surface area contributed by atoms with Crippen LogP contribution >= 0.6 is 11.3 Å². The highest BCUT2D eigenvalue weighted by atomic mass is 32.2. The van der Waals surface area contributed by atoms with E-state index in [1.165, 1.54) is 11.3 Å². The second kappa shape index (κ2) is 12.3. The molecule has 4 aromatic rings. The molecule has 1 saturated heterocycles. The molecule has 0 atom stereocenters. The van der Waals surface area contributed by atoms with E-state index in [0.717, 1.165) is 67.8 Å². The summed E-state index contributed by atoms with van der Waals surface area (Å²) in [5.74, 6) is 4.09. The van der Waals surface area contributed by atoms with E-state index in [0.29, 0.717) is 11.0 Å². The maximum atomic E-state index is 12.9. The van der Waals surface area contributed by atoms with E-state index in [9.17, 15) is 8.42 Å². The zero-order valence-corrected chi connectivity index (χ0v) is 22.5. The number of thiazole rings is 1. The predicted molar refractivity (Wildman–Crippen MR) is 151 cm³/mol. The number of rotatable bonds is 10.